The first-order valence-electron chi connectivity index (χ1n) is 8.13. The number of nitrogens with one attached hydrogen (secondary N) is 1. The van der Waals surface area contributed by atoms with E-state index in [4.69, 9.17) is 0 Å². The second-order valence-corrected chi connectivity index (χ2v) is 6.04. The quantitative estimate of drug-likeness (QED) is 0.873. The molecule has 1 fully saturated rings. The monoisotopic (exact) mass is 316 g/mol. The molecule has 0 spiro atoms. The average molecular weight is 316 g/mol. The van der Waals surface area contributed by atoms with Crippen LogP contribution in [0.1, 0.15) is 36.9 Å². The van der Waals surface area contributed by atoms with Gasteiger partial charge in [-0.3, -0.25) is 0 Å². The molecular formula is C16H24N6O. The molecule has 1 aliphatic rings. The fourth-order valence-electron chi connectivity index (χ4n) is 2.87. The number of hydrogen-bond donors (Lipinski definition) is 2. The summed E-state index contributed by atoms with van der Waals surface area (Å²) in [5.41, 5.74) is 0.926. The van der Waals surface area contributed by atoms with Gasteiger partial charge in [0.2, 0.25) is 5.95 Å². The summed E-state index contributed by atoms with van der Waals surface area (Å²) in [5, 5.41) is 13.4. The Labute approximate surface area is 136 Å². The Morgan fingerprint density at radius 1 is 1.26 bits per heavy atom. The predicted molar refractivity (Wildman–Crippen MR) is 89.5 cm³/mol. The van der Waals surface area contributed by atoms with E-state index in [0.717, 1.165) is 30.5 Å². The van der Waals surface area contributed by atoms with Crippen molar-refractivity contribution in [2.45, 2.75) is 32.3 Å². The lowest BCUT2D eigenvalue weighted by molar-refractivity contribution is 0.178. The molecule has 2 N–H and O–H groups in total. The maximum atomic E-state index is 10.2. The van der Waals surface area contributed by atoms with Gasteiger partial charge in [0, 0.05) is 50.8 Å². The minimum atomic E-state index is -0.677. The summed E-state index contributed by atoms with van der Waals surface area (Å²) in [5.74, 6) is 2.16. The predicted octanol–water partition coefficient (Wildman–Crippen LogP) is 1.65. The van der Waals surface area contributed by atoms with Crippen molar-refractivity contribution in [3.8, 4) is 0 Å². The fourth-order valence-corrected chi connectivity index (χ4v) is 2.87. The van der Waals surface area contributed by atoms with Crippen LogP contribution in [0.25, 0.3) is 0 Å². The van der Waals surface area contributed by atoms with Crippen LogP contribution in [-0.2, 0) is 7.05 Å². The molecule has 2 aromatic heterocycles. The van der Waals surface area contributed by atoms with Gasteiger partial charge in [0.25, 0.3) is 0 Å². The van der Waals surface area contributed by atoms with Crippen molar-refractivity contribution in [3.63, 3.8) is 0 Å². The Bertz CT molecular complexity index is 650. The minimum Gasteiger partial charge on any atom is -0.383 e. The normalized spacial score (nSPS) is 16.4. The van der Waals surface area contributed by atoms with Gasteiger partial charge in [-0.25, -0.2) is 9.97 Å². The molecule has 1 saturated heterocycles. The van der Waals surface area contributed by atoms with Crippen LogP contribution in [0.5, 0.6) is 0 Å². The van der Waals surface area contributed by atoms with Crippen molar-refractivity contribution in [1.29, 1.82) is 0 Å². The summed E-state index contributed by atoms with van der Waals surface area (Å²) in [4.78, 5) is 15.5. The first-order chi connectivity index (χ1) is 11.1. The molecule has 0 amide bonds. The van der Waals surface area contributed by atoms with Crippen LogP contribution in [-0.4, -0.2) is 44.3 Å². The third-order valence-electron chi connectivity index (χ3n) is 4.11. The van der Waals surface area contributed by atoms with Gasteiger partial charge < -0.3 is 19.9 Å². The molecule has 0 saturated carbocycles. The third kappa shape index (κ3) is 3.79. The molecule has 3 rings (SSSR count). The maximum absolute atomic E-state index is 10.2. The minimum absolute atomic E-state index is 0.362. The molecule has 1 atom stereocenters. The van der Waals surface area contributed by atoms with Gasteiger partial charge in [-0.05, 0) is 26.2 Å². The van der Waals surface area contributed by atoms with Crippen LogP contribution in [0.4, 0.5) is 11.8 Å². The Morgan fingerprint density at radius 2 is 2.04 bits per heavy atom. The van der Waals surface area contributed by atoms with Crippen molar-refractivity contribution in [3.05, 3.63) is 30.0 Å². The Morgan fingerprint density at radius 3 is 2.74 bits per heavy atom. The van der Waals surface area contributed by atoms with Crippen molar-refractivity contribution >= 4 is 11.8 Å². The van der Waals surface area contributed by atoms with Crippen LogP contribution in [0.3, 0.4) is 0 Å². The molecule has 1 aliphatic heterocycles. The standard InChI is InChI=1S/C16H24N6O/c1-12-10-14(18-11-13(23)15-17-6-9-21(15)2)20-16(19-12)22-7-4-3-5-8-22/h6,9-10,13,23H,3-5,7-8,11H2,1-2H3,(H,18,19,20). The van der Waals surface area contributed by atoms with E-state index in [0.29, 0.717) is 12.4 Å². The van der Waals surface area contributed by atoms with E-state index in [1.807, 2.05) is 30.8 Å². The molecule has 0 radical (unpaired) electrons. The first-order valence-corrected chi connectivity index (χ1v) is 8.13. The van der Waals surface area contributed by atoms with Crippen LogP contribution < -0.4 is 10.2 Å². The molecule has 1 unspecified atom stereocenters. The zero-order valence-corrected chi connectivity index (χ0v) is 13.7. The number of imidazole rings is 1. The molecule has 2 aromatic rings. The second-order valence-electron chi connectivity index (χ2n) is 6.04. The van der Waals surface area contributed by atoms with Gasteiger partial charge in [0.15, 0.2) is 0 Å². The summed E-state index contributed by atoms with van der Waals surface area (Å²) < 4.78 is 1.82. The van der Waals surface area contributed by atoms with Crippen molar-refractivity contribution in [1.82, 2.24) is 19.5 Å². The summed E-state index contributed by atoms with van der Waals surface area (Å²) in [6.45, 7) is 4.35. The molecule has 0 bridgehead atoms. The Hall–Kier alpha value is -2.15. The van der Waals surface area contributed by atoms with E-state index < -0.39 is 6.10 Å². The Kier molecular flexibility index (Phi) is 4.76. The Balaban J connectivity index is 1.67. The SMILES string of the molecule is Cc1cc(NCC(O)c2nccn2C)nc(N2CCCCC2)n1. The van der Waals surface area contributed by atoms with Gasteiger partial charge in [-0.15, -0.1) is 0 Å². The number of nitrogens with zero attached hydrogens (tertiary/aromatic N) is 5. The van der Waals surface area contributed by atoms with E-state index in [9.17, 15) is 5.11 Å². The van der Waals surface area contributed by atoms with E-state index in [1.165, 1.54) is 19.3 Å². The van der Waals surface area contributed by atoms with Gasteiger partial charge in [0.1, 0.15) is 17.7 Å². The summed E-state index contributed by atoms with van der Waals surface area (Å²) >= 11 is 0. The van der Waals surface area contributed by atoms with E-state index in [2.05, 4.69) is 25.2 Å². The largest absolute Gasteiger partial charge is 0.383 e. The number of aryl methyl sites for hydroxylation is 2. The topological polar surface area (TPSA) is 79.1 Å². The summed E-state index contributed by atoms with van der Waals surface area (Å²) in [7, 11) is 1.87. The summed E-state index contributed by atoms with van der Waals surface area (Å²) in [6.07, 6.45) is 6.49. The number of aromatic nitrogens is 4. The zero-order chi connectivity index (χ0) is 16.2. The number of rotatable bonds is 5. The number of aliphatic hydroxyl groups excluding tert-OH is 1. The number of aliphatic hydroxyl groups is 1. The van der Waals surface area contributed by atoms with Gasteiger partial charge >= 0.3 is 0 Å². The van der Waals surface area contributed by atoms with Crippen molar-refractivity contribution < 1.29 is 5.11 Å². The third-order valence-corrected chi connectivity index (χ3v) is 4.11. The summed E-state index contributed by atoms with van der Waals surface area (Å²) in [6, 6.07) is 1.90. The van der Waals surface area contributed by atoms with Crippen LogP contribution in [0.2, 0.25) is 0 Å². The molecule has 124 valence electrons. The molecule has 3 heterocycles. The highest BCUT2D eigenvalue weighted by Gasteiger charge is 2.16. The van der Waals surface area contributed by atoms with E-state index in [1.54, 1.807) is 6.20 Å². The van der Waals surface area contributed by atoms with Crippen molar-refractivity contribution in [2.24, 2.45) is 7.05 Å². The first kappa shape index (κ1) is 15.7. The highest BCUT2D eigenvalue weighted by Crippen LogP contribution is 2.19. The van der Waals surface area contributed by atoms with Crippen LogP contribution in [0, 0.1) is 6.92 Å². The average Bonchev–Trinajstić information content (AvgIpc) is 2.99. The molecular weight excluding hydrogens is 292 g/mol. The maximum Gasteiger partial charge on any atom is 0.227 e. The van der Waals surface area contributed by atoms with Crippen LogP contribution in [0.15, 0.2) is 18.5 Å². The number of anilines is 2. The van der Waals surface area contributed by atoms with Gasteiger partial charge in [-0.1, -0.05) is 0 Å². The molecule has 0 aromatic carbocycles. The smallest absolute Gasteiger partial charge is 0.227 e. The number of piperidine rings is 1. The van der Waals surface area contributed by atoms with Gasteiger partial charge in [-0.2, -0.15) is 4.98 Å². The van der Waals surface area contributed by atoms with E-state index >= 15 is 0 Å². The zero-order valence-electron chi connectivity index (χ0n) is 13.7. The highest BCUT2D eigenvalue weighted by atomic mass is 16.3. The highest BCUT2D eigenvalue weighted by molar-refractivity contribution is 5.44. The van der Waals surface area contributed by atoms with E-state index in [-0.39, 0.29) is 0 Å². The fraction of sp³-hybridized carbons (Fsp3) is 0.562. The molecule has 7 heteroatoms. The van der Waals surface area contributed by atoms with Crippen LogP contribution >= 0.6 is 0 Å². The lowest BCUT2D eigenvalue weighted by atomic mass is 10.1. The number of hydrogen-bond acceptors (Lipinski definition) is 6. The molecule has 0 aliphatic carbocycles. The lowest BCUT2D eigenvalue weighted by Gasteiger charge is -2.27. The lowest BCUT2D eigenvalue weighted by Crippen LogP contribution is -2.31. The van der Waals surface area contributed by atoms with Crippen molar-refractivity contribution in [2.75, 3.05) is 29.9 Å². The molecule has 7 nitrogen and oxygen atoms in total. The second kappa shape index (κ2) is 6.95. The molecule has 23 heavy (non-hydrogen) atoms. The van der Waals surface area contributed by atoms with Gasteiger partial charge in [0.05, 0.1) is 0 Å².